The van der Waals surface area contributed by atoms with Gasteiger partial charge in [-0.1, -0.05) is 12.1 Å². The number of nitrogens with zero attached hydrogens (tertiary/aromatic N) is 4. The van der Waals surface area contributed by atoms with Crippen LogP contribution in [-0.2, 0) is 29.0 Å². The highest BCUT2D eigenvalue weighted by Crippen LogP contribution is 2.22. The number of aliphatic hydroxyl groups is 1. The SMILES string of the molecule is CN[C@@H](C)C(=O)N[C@H](C(=O)N1CCC[C@H]1CN(CCc1ccc(F)cc1)C(=O)c1cn2c(n1)CCC2)[C@@H](C)O. The normalized spacial score (nSPS) is 18.9. The third-order valence-electron chi connectivity index (χ3n) is 7.71. The van der Waals surface area contributed by atoms with Crippen molar-refractivity contribution in [3.8, 4) is 0 Å². The number of nitrogens with one attached hydrogen (secondary N) is 2. The van der Waals surface area contributed by atoms with E-state index in [9.17, 15) is 23.9 Å². The highest BCUT2D eigenvalue weighted by molar-refractivity contribution is 5.93. The first-order valence-electron chi connectivity index (χ1n) is 13.7. The van der Waals surface area contributed by atoms with E-state index < -0.39 is 18.2 Å². The summed E-state index contributed by atoms with van der Waals surface area (Å²) in [5.74, 6) is -0.363. The summed E-state index contributed by atoms with van der Waals surface area (Å²) >= 11 is 0. The number of hydrogen-bond acceptors (Lipinski definition) is 6. The Morgan fingerprint density at radius 2 is 1.92 bits per heavy atom. The van der Waals surface area contributed by atoms with Gasteiger partial charge in [-0.2, -0.15) is 0 Å². The number of carbonyl (C=O) groups is 3. The van der Waals surface area contributed by atoms with Gasteiger partial charge in [-0.3, -0.25) is 14.4 Å². The van der Waals surface area contributed by atoms with Gasteiger partial charge in [0.1, 0.15) is 23.4 Å². The molecule has 1 aromatic heterocycles. The molecule has 4 atom stereocenters. The van der Waals surface area contributed by atoms with E-state index >= 15 is 0 Å². The molecule has 0 spiro atoms. The molecule has 10 nitrogen and oxygen atoms in total. The molecule has 39 heavy (non-hydrogen) atoms. The number of carbonyl (C=O) groups excluding carboxylic acids is 3. The van der Waals surface area contributed by atoms with Crippen molar-refractivity contribution < 1.29 is 23.9 Å². The molecule has 2 aliphatic rings. The topological polar surface area (TPSA) is 120 Å². The molecule has 11 heteroatoms. The molecule has 3 amide bonds. The fourth-order valence-electron chi connectivity index (χ4n) is 5.26. The second kappa shape index (κ2) is 12.7. The van der Waals surface area contributed by atoms with Gasteiger partial charge >= 0.3 is 0 Å². The Morgan fingerprint density at radius 1 is 1.18 bits per heavy atom. The average molecular weight is 543 g/mol. The maximum absolute atomic E-state index is 13.7. The van der Waals surface area contributed by atoms with Crippen LogP contribution < -0.4 is 10.6 Å². The van der Waals surface area contributed by atoms with Gasteiger partial charge in [0.2, 0.25) is 11.8 Å². The number of likely N-dealkylation sites (tertiary alicyclic amines) is 1. The van der Waals surface area contributed by atoms with E-state index in [1.165, 1.54) is 19.1 Å². The summed E-state index contributed by atoms with van der Waals surface area (Å²) in [5.41, 5.74) is 1.28. The average Bonchev–Trinajstić information content (AvgIpc) is 3.66. The number of halogens is 1. The van der Waals surface area contributed by atoms with Crippen molar-refractivity contribution in [3.63, 3.8) is 0 Å². The van der Waals surface area contributed by atoms with Crippen LogP contribution in [0.25, 0.3) is 0 Å². The van der Waals surface area contributed by atoms with E-state index in [-0.39, 0.29) is 29.6 Å². The van der Waals surface area contributed by atoms with E-state index in [0.29, 0.717) is 38.2 Å². The minimum atomic E-state index is -1.09. The number of aromatic nitrogens is 2. The molecule has 3 heterocycles. The van der Waals surface area contributed by atoms with E-state index in [1.54, 1.807) is 42.1 Å². The smallest absolute Gasteiger partial charge is 0.274 e. The van der Waals surface area contributed by atoms with Crippen LogP contribution in [0.5, 0.6) is 0 Å². The summed E-state index contributed by atoms with van der Waals surface area (Å²) in [5, 5.41) is 15.9. The Bertz CT molecular complexity index is 1150. The van der Waals surface area contributed by atoms with Crippen LogP contribution in [-0.4, -0.2) is 93.1 Å². The maximum atomic E-state index is 13.7. The third kappa shape index (κ3) is 6.83. The standard InChI is InChI=1S/C28H39FN6O4/c1-18(30-3)26(37)32-25(19(2)36)28(39)35-14-4-6-22(35)16-34(15-12-20-8-10-21(29)11-9-20)27(38)23-17-33-13-5-7-24(33)31-23/h8-11,17-19,22,25,30,36H,4-7,12-16H2,1-3H3,(H,32,37)/t18-,19+,22-,25-/m0/s1. The molecule has 212 valence electrons. The molecule has 0 aliphatic carbocycles. The minimum absolute atomic E-state index is 0.207. The number of imidazole rings is 1. The monoisotopic (exact) mass is 542 g/mol. The van der Waals surface area contributed by atoms with E-state index in [2.05, 4.69) is 15.6 Å². The van der Waals surface area contributed by atoms with Crippen LogP contribution in [0.15, 0.2) is 30.5 Å². The first-order chi connectivity index (χ1) is 18.7. The lowest BCUT2D eigenvalue weighted by Gasteiger charge is -2.34. The Hall–Kier alpha value is -3.31. The minimum Gasteiger partial charge on any atom is -0.391 e. The van der Waals surface area contributed by atoms with E-state index in [1.807, 2.05) is 4.57 Å². The van der Waals surface area contributed by atoms with Gasteiger partial charge in [-0.05, 0) is 64.3 Å². The Morgan fingerprint density at radius 3 is 2.59 bits per heavy atom. The largest absolute Gasteiger partial charge is 0.391 e. The van der Waals surface area contributed by atoms with Gasteiger partial charge in [0.15, 0.2) is 0 Å². The van der Waals surface area contributed by atoms with Gasteiger partial charge < -0.3 is 30.1 Å². The zero-order valence-corrected chi connectivity index (χ0v) is 22.9. The van der Waals surface area contributed by atoms with Gasteiger partial charge in [0, 0.05) is 44.8 Å². The van der Waals surface area contributed by atoms with Crippen LogP contribution in [0.4, 0.5) is 4.39 Å². The van der Waals surface area contributed by atoms with Crippen molar-refractivity contribution in [1.82, 2.24) is 30.0 Å². The quantitative estimate of drug-likeness (QED) is 0.392. The molecule has 2 aromatic rings. The lowest BCUT2D eigenvalue weighted by Crippen LogP contribution is -2.58. The fourth-order valence-corrected chi connectivity index (χ4v) is 5.26. The van der Waals surface area contributed by atoms with Crippen molar-refractivity contribution in [2.24, 2.45) is 0 Å². The van der Waals surface area contributed by atoms with Crippen LogP contribution in [0.2, 0.25) is 0 Å². The molecule has 4 rings (SSSR count). The number of aryl methyl sites for hydroxylation is 2. The highest BCUT2D eigenvalue weighted by atomic mass is 19.1. The zero-order chi connectivity index (χ0) is 28.1. The van der Waals surface area contributed by atoms with E-state index in [4.69, 9.17) is 0 Å². The summed E-state index contributed by atoms with van der Waals surface area (Å²) in [6.45, 7) is 5.14. The van der Waals surface area contributed by atoms with Crippen LogP contribution in [0, 0.1) is 5.82 Å². The molecular weight excluding hydrogens is 503 g/mol. The van der Waals surface area contributed by atoms with Crippen molar-refractivity contribution in [3.05, 3.63) is 53.4 Å². The second-order valence-corrected chi connectivity index (χ2v) is 10.5. The number of benzene rings is 1. The van der Waals surface area contributed by atoms with Gasteiger partial charge in [-0.15, -0.1) is 0 Å². The summed E-state index contributed by atoms with van der Waals surface area (Å²) in [4.78, 5) is 47.7. The van der Waals surface area contributed by atoms with Gasteiger partial charge in [0.05, 0.1) is 12.1 Å². The number of fused-ring (bicyclic) bond motifs is 1. The number of aliphatic hydroxyl groups excluding tert-OH is 1. The molecule has 0 unspecified atom stereocenters. The number of hydrogen-bond donors (Lipinski definition) is 3. The van der Waals surface area contributed by atoms with Crippen LogP contribution in [0.1, 0.15) is 55.0 Å². The van der Waals surface area contributed by atoms with Crippen LogP contribution >= 0.6 is 0 Å². The second-order valence-electron chi connectivity index (χ2n) is 10.5. The van der Waals surface area contributed by atoms with Crippen molar-refractivity contribution >= 4 is 17.7 Å². The highest BCUT2D eigenvalue weighted by Gasteiger charge is 2.38. The lowest BCUT2D eigenvalue weighted by molar-refractivity contribution is -0.140. The summed E-state index contributed by atoms with van der Waals surface area (Å²) in [7, 11) is 1.65. The molecule has 0 saturated carbocycles. The molecule has 0 radical (unpaired) electrons. The Balaban J connectivity index is 1.51. The third-order valence-corrected chi connectivity index (χ3v) is 7.71. The summed E-state index contributed by atoms with van der Waals surface area (Å²) in [6.07, 6.45) is 4.53. The Kier molecular flexibility index (Phi) is 9.34. The zero-order valence-electron chi connectivity index (χ0n) is 22.9. The molecule has 3 N–H and O–H groups in total. The van der Waals surface area contributed by atoms with E-state index in [0.717, 1.165) is 37.2 Å². The first-order valence-corrected chi connectivity index (χ1v) is 13.7. The molecule has 0 bridgehead atoms. The van der Waals surface area contributed by atoms with Crippen molar-refractivity contribution in [1.29, 1.82) is 0 Å². The molecule has 1 fully saturated rings. The number of likely N-dealkylation sites (N-methyl/N-ethyl adjacent to an activating group) is 1. The summed E-state index contributed by atoms with van der Waals surface area (Å²) in [6, 6.07) is 4.32. The maximum Gasteiger partial charge on any atom is 0.274 e. The van der Waals surface area contributed by atoms with Crippen molar-refractivity contribution in [2.45, 2.75) is 76.7 Å². The lowest BCUT2D eigenvalue weighted by atomic mass is 10.1. The number of rotatable bonds is 11. The molecular formula is C28H39FN6O4. The van der Waals surface area contributed by atoms with Crippen molar-refractivity contribution in [2.75, 3.05) is 26.7 Å². The predicted octanol–water partition coefficient (Wildman–Crippen LogP) is 1.12. The first kappa shape index (κ1) is 28.7. The predicted molar refractivity (Wildman–Crippen MR) is 143 cm³/mol. The molecule has 1 aromatic carbocycles. The fraction of sp³-hybridized carbons (Fsp3) is 0.571. The Labute approximate surface area is 228 Å². The molecule has 2 aliphatic heterocycles. The van der Waals surface area contributed by atoms with Crippen LogP contribution in [0.3, 0.4) is 0 Å². The van der Waals surface area contributed by atoms with Gasteiger partial charge in [-0.25, -0.2) is 9.37 Å². The van der Waals surface area contributed by atoms with Gasteiger partial charge in [0.25, 0.3) is 5.91 Å². The number of amides is 3. The summed E-state index contributed by atoms with van der Waals surface area (Å²) < 4.78 is 15.4. The molecule has 1 saturated heterocycles.